The van der Waals surface area contributed by atoms with Crippen LogP contribution in [-0.2, 0) is 23.9 Å². The maximum Gasteiger partial charge on any atom is 0.347 e. The number of esters is 2. The zero-order valence-electron chi connectivity index (χ0n) is 13.5. The minimum absolute atomic E-state index is 0.0158. The van der Waals surface area contributed by atoms with Crippen LogP contribution in [0.3, 0.4) is 0 Å². The molecule has 9 heteroatoms. The molecule has 1 aromatic rings. The van der Waals surface area contributed by atoms with Crippen molar-refractivity contribution in [3.63, 3.8) is 0 Å². The summed E-state index contributed by atoms with van der Waals surface area (Å²) in [5, 5.41) is 2.65. The van der Waals surface area contributed by atoms with Crippen molar-refractivity contribution >= 4 is 41.2 Å². The third-order valence-electron chi connectivity index (χ3n) is 3.15. The van der Waals surface area contributed by atoms with Gasteiger partial charge in [-0.05, 0) is 38.1 Å². The number of nitrogens with zero attached hydrogens (tertiary/aromatic N) is 1. The first-order valence-corrected chi connectivity index (χ1v) is 7.78. The number of benzene rings is 1. The van der Waals surface area contributed by atoms with Crippen LogP contribution in [0.1, 0.15) is 13.8 Å². The van der Waals surface area contributed by atoms with Gasteiger partial charge in [-0.3, -0.25) is 4.79 Å². The minimum Gasteiger partial charge on any atom is -0.462 e. The minimum atomic E-state index is -1.05. The molecule has 0 radical (unpaired) electrons. The van der Waals surface area contributed by atoms with E-state index in [4.69, 9.17) is 21.1 Å². The fraction of sp³-hybridized carbons (Fsp3) is 0.250. The average molecular weight is 367 g/mol. The highest BCUT2D eigenvalue weighted by atomic mass is 35.5. The molecule has 1 saturated heterocycles. The molecule has 0 unspecified atom stereocenters. The van der Waals surface area contributed by atoms with Gasteiger partial charge in [0.15, 0.2) is 5.57 Å². The molecule has 0 bridgehead atoms. The largest absolute Gasteiger partial charge is 0.462 e. The van der Waals surface area contributed by atoms with Crippen molar-refractivity contribution in [2.45, 2.75) is 13.8 Å². The molecule has 0 aliphatic carbocycles. The average Bonchev–Trinajstić information content (AvgIpc) is 2.84. The van der Waals surface area contributed by atoms with Crippen molar-refractivity contribution < 1.29 is 28.7 Å². The first-order valence-electron chi connectivity index (χ1n) is 7.40. The quantitative estimate of drug-likeness (QED) is 0.280. The summed E-state index contributed by atoms with van der Waals surface area (Å²) < 4.78 is 9.57. The van der Waals surface area contributed by atoms with Crippen molar-refractivity contribution in [3.8, 4) is 0 Å². The molecule has 25 heavy (non-hydrogen) atoms. The summed E-state index contributed by atoms with van der Waals surface area (Å²) in [6, 6.07) is 5.09. The zero-order valence-corrected chi connectivity index (χ0v) is 14.3. The van der Waals surface area contributed by atoms with Gasteiger partial charge in [0.2, 0.25) is 0 Å². The Bertz CT molecular complexity index is 736. The summed E-state index contributed by atoms with van der Waals surface area (Å²) in [5.41, 5.74) is -0.913. The van der Waals surface area contributed by atoms with Gasteiger partial charge in [-0.1, -0.05) is 11.6 Å². The summed E-state index contributed by atoms with van der Waals surface area (Å²) >= 11 is 5.79. The lowest BCUT2D eigenvalue weighted by atomic mass is 10.2. The lowest BCUT2D eigenvalue weighted by Crippen LogP contribution is -2.30. The van der Waals surface area contributed by atoms with Crippen molar-refractivity contribution in [2.24, 2.45) is 0 Å². The number of amides is 3. The Hall–Kier alpha value is -2.87. The third-order valence-corrected chi connectivity index (χ3v) is 3.40. The van der Waals surface area contributed by atoms with Gasteiger partial charge in [-0.25, -0.2) is 19.3 Å². The topological polar surface area (TPSA) is 102 Å². The number of hydrogen-bond donors (Lipinski definition) is 1. The van der Waals surface area contributed by atoms with E-state index in [0.717, 1.165) is 4.90 Å². The Balaban J connectivity index is 2.47. The fourth-order valence-electron chi connectivity index (χ4n) is 2.11. The second kappa shape index (κ2) is 7.80. The number of rotatable bonds is 5. The number of carbonyl (C=O) groups excluding carboxylic acids is 4. The van der Waals surface area contributed by atoms with E-state index in [9.17, 15) is 19.2 Å². The van der Waals surface area contributed by atoms with Crippen LogP contribution in [-0.4, -0.2) is 37.1 Å². The van der Waals surface area contributed by atoms with E-state index in [1.165, 1.54) is 24.3 Å². The standard InChI is InChI=1S/C16H15ClN2O6/c1-3-24-14(21)11(15(22)25-4-2)12-13(20)19(16(23)18-12)10-7-5-9(17)6-8-10/h5-8H,3-4H2,1-2H3,(H,18,23). The van der Waals surface area contributed by atoms with Crippen molar-refractivity contribution in [2.75, 3.05) is 18.1 Å². The number of hydrogen-bond acceptors (Lipinski definition) is 6. The molecule has 1 heterocycles. The first kappa shape index (κ1) is 18.5. The predicted molar refractivity (Wildman–Crippen MR) is 87.8 cm³/mol. The third kappa shape index (κ3) is 3.80. The molecule has 0 aromatic heterocycles. The number of anilines is 1. The molecular weight excluding hydrogens is 352 g/mol. The number of halogens is 1. The van der Waals surface area contributed by atoms with E-state index in [-0.39, 0.29) is 18.9 Å². The normalized spacial score (nSPS) is 13.6. The lowest BCUT2D eigenvalue weighted by Gasteiger charge is -2.12. The molecule has 132 valence electrons. The van der Waals surface area contributed by atoms with E-state index in [2.05, 4.69) is 5.32 Å². The van der Waals surface area contributed by atoms with Gasteiger partial charge in [0.05, 0.1) is 18.9 Å². The highest BCUT2D eigenvalue weighted by molar-refractivity contribution is 6.32. The summed E-state index contributed by atoms with van der Waals surface area (Å²) in [5.74, 6) is -2.98. The van der Waals surface area contributed by atoms with Crippen LogP contribution in [0.25, 0.3) is 0 Å². The molecular formula is C16H15ClN2O6. The summed E-state index contributed by atoms with van der Waals surface area (Å²) in [6.45, 7) is 3.05. The van der Waals surface area contributed by atoms with Gasteiger partial charge < -0.3 is 14.8 Å². The van der Waals surface area contributed by atoms with Crippen molar-refractivity contribution in [1.82, 2.24) is 5.32 Å². The molecule has 1 fully saturated rings. The van der Waals surface area contributed by atoms with Crippen molar-refractivity contribution in [3.05, 3.63) is 40.6 Å². The summed E-state index contributed by atoms with van der Waals surface area (Å²) in [6.07, 6.45) is 0. The lowest BCUT2D eigenvalue weighted by molar-refractivity contribution is -0.147. The molecule has 0 spiro atoms. The fourth-order valence-corrected chi connectivity index (χ4v) is 2.23. The maximum absolute atomic E-state index is 12.6. The smallest absolute Gasteiger partial charge is 0.347 e. The molecule has 2 rings (SSSR count). The van der Waals surface area contributed by atoms with E-state index >= 15 is 0 Å². The summed E-state index contributed by atoms with van der Waals surface area (Å²) in [4.78, 5) is 49.7. The van der Waals surface area contributed by atoms with Crippen molar-refractivity contribution in [1.29, 1.82) is 0 Å². The van der Waals surface area contributed by atoms with Gasteiger partial charge in [0.25, 0.3) is 5.91 Å². The second-order valence-electron chi connectivity index (χ2n) is 4.74. The van der Waals surface area contributed by atoms with Gasteiger partial charge in [0, 0.05) is 5.02 Å². The number of carbonyl (C=O) groups is 4. The van der Waals surface area contributed by atoms with Crippen LogP contribution in [0.15, 0.2) is 35.5 Å². The predicted octanol–water partition coefficient (Wildman–Crippen LogP) is 1.78. The number of ether oxygens (including phenoxy) is 2. The molecule has 3 amide bonds. The number of nitrogens with one attached hydrogen (secondary N) is 1. The van der Waals surface area contributed by atoms with Crippen LogP contribution >= 0.6 is 11.6 Å². The Morgan fingerprint density at radius 1 is 1.04 bits per heavy atom. The van der Waals surface area contributed by atoms with Crippen LogP contribution in [0.5, 0.6) is 0 Å². The van der Waals surface area contributed by atoms with Crippen LogP contribution in [0.4, 0.5) is 10.5 Å². The Kier molecular flexibility index (Phi) is 5.76. The van der Waals surface area contributed by atoms with Crippen LogP contribution < -0.4 is 10.2 Å². The Labute approximate surface area is 148 Å². The van der Waals surface area contributed by atoms with E-state index in [1.54, 1.807) is 13.8 Å². The first-order chi connectivity index (χ1) is 11.9. The number of imide groups is 1. The van der Waals surface area contributed by atoms with Gasteiger partial charge >= 0.3 is 18.0 Å². The van der Waals surface area contributed by atoms with Gasteiger partial charge in [-0.15, -0.1) is 0 Å². The Morgan fingerprint density at radius 3 is 2.04 bits per heavy atom. The van der Waals surface area contributed by atoms with Gasteiger partial charge in [0.1, 0.15) is 5.70 Å². The number of urea groups is 1. The van der Waals surface area contributed by atoms with Gasteiger partial charge in [-0.2, -0.15) is 0 Å². The van der Waals surface area contributed by atoms with Crippen LogP contribution in [0, 0.1) is 0 Å². The zero-order chi connectivity index (χ0) is 18.6. The molecule has 0 atom stereocenters. The SMILES string of the molecule is CCOC(=O)C(C(=O)OCC)=C1NC(=O)N(c2ccc(Cl)cc2)C1=O. The van der Waals surface area contributed by atoms with E-state index in [1.807, 2.05) is 0 Å². The molecule has 8 nitrogen and oxygen atoms in total. The molecule has 1 aromatic carbocycles. The van der Waals surface area contributed by atoms with E-state index < -0.39 is 35.1 Å². The molecule has 1 aliphatic heterocycles. The Morgan fingerprint density at radius 2 is 1.56 bits per heavy atom. The highest BCUT2D eigenvalue weighted by Gasteiger charge is 2.41. The molecule has 1 N–H and O–H groups in total. The van der Waals surface area contributed by atoms with Crippen LogP contribution in [0.2, 0.25) is 5.02 Å². The summed E-state index contributed by atoms with van der Waals surface area (Å²) in [7, 11) is 0. The van der Waals surface area contributed by atoms with E-state index in [0.29, 0.717) is 5.02 Å². The maximum atomic E-state index is 12.6. The highest BCUT2D eigenvalue weighted by Crippen LogP contribution is 2.25. The monoisotopic (exact) mass is 366 g/mol. The molecule has 0 saturated carbocycles. The second-order valence-corrected chi connectivity index (χ2v) is 5.17. The molecule has 1 aliphatic rings.